The molecule has 0 saturated heterocycles. The summed E-state index contributed by atoms with van der Waals surface area (Å²) in [6.45, 7) is 0. The predicted octanol–water partition coefficient (Wildman–Crippen LogP) is 5.61. The molecule has 8 heteroatoms. The fourth-order valence-electron chi connectivity index (χ4n) is 3.28. The van der Waals surface area contributed by atoms with Gasteiger partial charge in [0, 0.05) is 16.7 Å². The number of ether oxygens (including phenoxy) is 4. The van der Waals surface area contributed by atoms with Crippen LogP contribution < -0.4 is 18.9 Å². The average Bonchev–Trinajstić information content (AvgIpc) is 2.78. The van der Waals surface area contributed by atoms with E-state index in [2.05, 4.69) is 0 Å². The maximum Gasteiger partial charge on any atom is 0.207 e. The molecule has 0 fully saturated rings. The Balaban J connectivity index is 2.53. The summed E-state index contributed by atoms with van der Waals surface area (Å²) in [6, 6.07) is 8.94. The highest BCUT2D eigenvalue weighted by Crippen LogP contribution is 2.52. The van der Waals surface area contributed by atoms with Crippen molar-refractivity contribution in [3.63, 3.8) is 0 Å². The predicted molar refractivity (Wildman–Crippen MR) is 103 cm³/mol. The van der Waals surface area contributed by atoms with Crippen molar-refractivity contribution in [1.82, 2.24) is 0 Å². The van der Waals surface area contributed by atoms with E-state index < -0.39 is 34.4 Å². The van der Waals surface area contributed by atoms with E-state index in [1.54, 1.807) is 18.2 Å². The third kappa shape index (κ3) is 3.28. The molecule has 3 rings (SSSR count). The van der Waals surface area contributed by atoms with Crippen LogP contribution in [0.4, 0.5) is 17.6 Å². The number of halogens is 4. The molecule has 0 unspecified atom stereocenters. The lowest BCUT2D eigenvalue weighted by molar-refractivity contribution is 0.306. The van der Waals surface area contributed by atoms with Crippen LogP contribution >= 0.6 is 0 Å². The van der Waals surface area contributed by atoms with Gasteiger partial charge in [-0.25, -0.2) is 17.6 Å². The first-order valence-electron chi connectivity index (χ1n) is 8.69. The standard InChI is InChI=1S/C22H18F4O4/c1-27-13-10-12(20(28-2)22(30-4)21(13)29-3)15-14(11-8-6-5-7-9-11)16(23)18(25)19(26)17(15)24/h5-10H,1-4H3. The Kier molecular flexibility index (Phi) is 6.05. The van der Waals surface area contributed by atoms with Crippen LogP contribution in [-0.4, -0.2) is 28.4 Å². The Bertz CT molecular complexity index is 1080. The zero-order valence-corrected chi connectivity index (χ0v) is 16.6. The molecule has 0 aliphatic heterocycles. The molecule has 3 aromatic rings. The average molecular weight is 422 g/mol. The summed E-state index contributed by atoms with van der Waals surface area (Å²) in [6.07, 6.45) is 0. The topological polar surface area (TPSA) is 36.9 Å². The molecule has 0 atom stereocenters. The summed E-state index contributed by atoms with van der Waals surface area (Å²) >= 11 is 0. The Morgan fingerprint density at radius 1 is 0.567 bits per heavy atom. The van der Waals surface area contributed by atoms with Crippen molar-refractivity contribution in [2.75, 3.05) is 28.4 Å². The van der Waals surface area contributed by atoms with Crippen LogP contribution in [0.2, 0.25) is 0 Å². The molecule has 0 N–H and O–H groups in total. The molecule has 0 aliphatic carbocycles. The number of hydrogen-bond donors (Lipinski definition) is 0. The summed E-state index contributed by atoms with van der Waals surface area (Å²) in [5.74, 6) is -6.82. The van der Waals surface area contributed by atoms with E-state index in [1.165, 1.54) is 46.6 Å². The lowest BCUT2D eigenvalue weighted by atomic mass is 9.91. The molecule has 0 saturated carbocycles. The SMILES string of the molecule is COc1cc(-c2c(F)c(F)c(F)c(F)c2-c2ccccc2)c(OC)c(OC)c1OC. The van der Waals surface area contributed by atoms with Gasteiger partial charge in [0.1, 0.15) is 0 Å². The fourth-order valence-corrected chi connectivity index (χ4v) is 3.28. The maximum atomic E-state index is 15.1. The minimum atomic E-state index is -1.95. The largest absolute Gasteiger partial charge is 0.493 e. The lowest BCUT2D eigenvalue weighted by Crippen LogP contribution is -2.06. The van der Waals surface area contributed by atoms with E-state index in [9.17, 15) is 13.2 Å². The number of methoxy groups -OCH3 is 4. The van der Waals surface area contributed by atoms with E-state index in [1.807, 2.05) is 0 Å². The van der Waals surface area contributed by atoms with Crippen LogP contribution in [0.3, 0.4) is 0 Å². The van der Waals surface area contributed by atoms with Gasteiger partial charge in [-0.05, 0) is 11.6 Å². The molecule has 0 heterocycles. The van der Waals surface area contributed by atoms with Crippen molar-refractivity contribution < 1.29 is 36.5 Å². The van der Waals surface area contributed by atoms with Gasteiger partial charge in [-0.3, -0.25) is 0 Å². The second kappa shape index (κ2) is 8.52. The first kappa shape index (κ1) is 21.3. The van der Waals surface area contributed by atoms with Gasteiger partial charge in [-0.1, -0.05) is 30.3 Å². The van der Waals surface area contributed by atoms with Crippen molar-refractivity contribution in [2.45, 2.75) is 0 Å². The van der Waals surface area contributed by atoms with Crippen LogP contribution in [0.1, 0.15) is 0 Å². The first-order chi connectivity index (χ1) is 14.4. The van der Waals surface area contributed by atoms with E-state index in [-0.39, 0.29) is 34.1 Å². The molecule has 0 aromatic heterocycles. The molecule has 0 amide bonds. The smallest absolute Gasteiger partial charge is 0.207 e. The lowest BCUT2D eigenvalue weighted by Gasteiger charge is -2.21. The van der Waals surface area contributed by atoms with E-state index in [0.29, 0.717) is 0 Å². The molecule has 158 valence electrons. The molecule has 0 bridgehead atoms. The summed E-state index contributed by atoms with van der Waals surface area (Å²) in [5, 5.41) is 0. The van der Waals surface area contributed by atoms with Gasteiger partial charge >= 0.3 is 0 Å². The maximum absolute atomic E-state index is 15.1. The Morgan fingerprint density at radius 2 is 1.10 bits per heavy atom. The Labute approximate surface area is 170 Å². The van der Waals surface area contributed by atoms with Crippen LogP contribution in [-0.2, 0) is 0 Å². The highest BCUT2D eigenvalue weighted by Gasteiger charge is 2.31. The van der Waals surface area contributed by atoms with Crippen molar-refractivity contribution in [1.29, 1.82) is 0 Å². The van der Waals surface area contributed by atoms with Crippen LogP contribution in [0, 0.1) is 23.3 Å². The summed E-state index contributed by atoms with van der Waals surface area (Å²) in [7, 11) is 5.26. The van der Waals surface area contributed by atoms with Gasteiger partial charge in [0.2, 0.25) is 11.5 Å². The van der Waals surface area contributed by atoms with Crippen molar-refractivity contribution in [2.24, 2.45) is 0 Å². The van der Waals surface area contributed by atoms with Gasteiger partial charge in [0.05, 0.1) is 28.4 Å². The van der Waals surface area contributed by atoms with Crippen molar-refractivity contribution in [3.05, 3.63) is 59.7 Å². The normalized spacial score (nSPS) is 10.7. The summed E-state index contributed by atoms with van der Waals surface area (Å²) in [4.78, 5) is 0. The molecular weight excluding hydrogens is 404 g/mol. The highest BCUT2D eigenvalue weighted by molar-refractivity contribution is 5.90. The van der Waals surface area contributed by atoms with E-state index in [4.69, 9.17) is 18.9 Å². The van der Waals surface area contributed by atoms with E-state index >= 15 is 4.39 Å². The molecule has 0 radical (unpaired) electrons. The molecular formula is C22H18F4O4. The molecule has 0 aliphatic rings. The van der Waals surface area contributed by atoms with Crippen molar-refractivity contribution >= 4 is 0 Å². The Morgan fingerprint density at radius 3 is 1.60 bits per heavy atom. The van der Waals surface area contributed by atoms with E-state index in [0.717, 1.165) is 0 Å². The van der Waals surface area contributed by atoms with Crippen LogP contribution in [0.25, 0.3) is 22.3 Å². The van der Waals surface area contributed by atoms with Gasteiger partial charge in [0.15, 0.2) is 34.8 Å². The molecule has 4 nitrogen and oxygen atoms in total. The van der Waals surface area contributed by atoms with Gasteiger partial charge in [-0.2, -0.15) is 0 Å². The molecule has 30 heavy (non-hydrogen) atoms. The molecule has 0 spiro atoms. The second-order valence-electron chi connectivity index (χ2n) is 6.10. The van der Waals surface area contributed by atoms with Gasteiger partial charge < -0.3 is 18.9 Å². The summed E-state index contributed by atoms with van der Waals surface area (Å²) in [5.41, 5.74) is -0.993. The minimum Gasteiger partial charge on any atom is -0.493 e. The second-order valence-corrected chi connectivity index (χ2v) is 6.10. The monoisotopic (exact) mass is 422 g/mol. The Hall–Kier alpha value is -3.42. The number of hydrogen-bond acceptors (Lipinski definition) is 4. The van der Waals surface area contributed by atoms with Crippen LogP contribution in [0.15, 0.2) is 36.4 Å². The van der Waals surface area contributed by atoms with Crippen LogP contribution in [0.5, 0.6) is 23.0 Å². The zero-order valence-electron chi connectivity index (χ0n) is 16.6. The number of benzene rings is 3. The van der Waals surface area contributed by atoms with Crippen molar-refractivity contribution in [3.8, 4) is 45.3 Å². The number of rotatable bonds is 6. The quantitative estimate of drug-likeness (QED) is 0.294. The third-order valence-electron chi connectivity index (χ3n) is 4.59. The summed E-state index contributed by atoms with van der Waals surface area (Å²) < 4.78 is 79.6. The zero-order chi connectivity index (χ0) is 22.0. The minimum absolute atomic E-state index is 0.0119. The highest BCUT2D eigenvalue weighted by atomic mass is 19.2. The van der Waals surface area contributed by atoms with Gasteiger partial charge in [-0.15, -0.1) is 0 Å². The first-order valence-corrected chi connectivity index (χ1v) is 8.69. The van der Waals surface area contributed by atoms with Gasteiger partial charge in [0.25, 0.3) is 0 Å². The third-order valence-corrected chi connectivity index (χ3v) is 4.59. The fraction of sp³-hybridized carbons (Fsp3) is 0.182. The molecule has 3 aromatic carbocycles.